The number of hydrogen-bond donors (Lipinski definition) is 3. The molecule has 4 N–H and O–H groups in total. The second-order valence-corrected chi connectivity index (χ2v) is 8.82. The average molecular weight is 601 g/mol. The van der Waals surface area contributed by atoms with Gasteiger partial charge in [-0.2, -0.15) is 0 Å². The predicted octanol–water partition coefficient (Wildman–Crippen LogP) is -0.120. The summed E-state index contributed by atoms with van der Waals surface area (Å²) in [5, 5.41) is 4.79. The van der Waals surface area contributed by atoms with Crippen molar-refractivity contribution in [2.24, 2.45) is 5.73 Å². The Kier molecular flexibility index (Phi) is 15.4. The maximum absolute atomic E-state index is 13.1. The summed E-state index contributed by atoms with van der Waals surface area (Å²) in [5.41, 5.74) is 5.59. The van der Waals surface area contributed by atoms with Gasteiger partial charge in [-0.3, -0.25) is 34.2 Å². The fourth-order valence-electron chi connectivity index (χ4n) is 4.06. The van der Waals surface area contributed by atoms with Crippen molar-refractivity contribution < 1.29 is 47.7 Å². The van der Waals surface area contributed by atoms with Gasteiger partial charge in [-0.1, -0.05) is 6.07 Å². The fourth-order valence-corrected chi connectivity index (χ4v) is 4.06. The van der Waals surface area contributed by atoms with E-state index in [0.717, 1.165) is 4.90 Å². The summed E-state index contributed by atoms with van der Waals surface area (Å²) < 4.78 is 26.7. The fraction of sp³-hybridized carbons (Fsp3) is 0.577. The molecule has 14 nitrogen and oxygen atoms in total. The molecule has 1 aromatic rings. The molecule has 0 radical (unpaired) electrons. The van der Waals surface area contributed by atoms with Crippen molar-refractivity contribution >= 4 is 47.6 Å². The SMILES string of the molecule is Cl.NCCOCCOCCOCCOCCOCCC(=O)Nc1cccc2c1C(=O)N(C1CCC(=O)NC1=O)C2=O. The van der Waals surface area contributed by atoms with E-state index in [0.29, 0.717) is 59.4 Å². The van der Waals surface area contributed by atoms with Gasteiger partial charge in [0.2, 0.25) is 17.7 Å². The van der Waals surface area contributed by atoms with Crippen LogP contribution in [-0.4, -0.2) is 113 Å². The van der Waals surface area contributed by atoms with Crippen molar-refractivity contribution in [2.75, 3.05) is 77.9 Å². The molecule has 228 valence electrons. The Hall–Kier alpha value is -2.98. The highest BCUT2D eigenvalue weighted by molar-refractivity contribution is 6.26. The average Bonchev–Trinajstić information content (AvgIpc) is 3.18. The smallest absolute Gasteiger partial charge is 0.264 e. The number of rotatable bonds is 19. The molecular weight excluding hydrogens is 564 g/mol. The number of carbonyl (C=O) groups is 5. The van der Waals surface area contributed by atoms with Crippen molar-refractivity contribution in [3.63, 3.8) is 0 Å². The number of nitrogens with two attached hydrogens (primary N) is 1. The van der Waals surface area contributed by atoms with Crippen LogP contribution in [0.1, 0.15) is 40.0 Å². The maximum Gasteiger partial charge on any atom is 0.264 e. The molecule has 0 aromatic heterocycles. The van der Waals surface area contributed by atoms with Crippen LogP contribution >= 0.6 is 12.4 Å². The molecule has 0 spiro atoms. The minimum absolute atomic E-state index is 0. The number of hydrogen-bond acceptors (Lipinski definition) is 11. The number of fused-ring (bicyclic) bond motifs is 1. The number of piperidine rings is 1. The highest BCUT2D eigenvalue weighted by atomic mass is 35.5. The standard InChI is InChI=1S/C26H36N4O10.ClH/c27-7-9-37-11-13-39-15-17-40-16-14-38-12-10-36-8-6-22(32)28-19-3-1-2-18-23(19)26(35)30(25(18)34)20-4-5-21(31)29-24(20)33;/h1-3,20H,4-17,27H2,(H,28,32)(H,29,31,33);1H. The van der Waals surface area contributed by atoms with Crippen LogP contribution in [0.5, 0.6) is 0 Å². The monoisotopic (exact) mass is 600 g/mol. The lowest BCUT2D eigenvalue weighted by Gasteiger charge is -2.27. The van der Waals surface area contributed by atoms with Gasteiger partial charge in [-0.25, -0.2) is 0 Å². The van der Waals surface area contributed by atoms with Crippen molar-refractivity contribution in [1.82, 2.24) is 10.2 Å². The summed E-state index contributed by atoms with van der Waals surface area (Å²) in [6.45, 7) is 4.47. The Morgan fingerprint density at radius 1 is 0.854 bits per heavy atom. The number of nitrogens with zero attached hydrogens (tertiary/aromatic N) is 1. The molecule has 1 unspecified atom stereocenters. The summed E-state index contributed by atoms with van der Waals surface area (Å²) >= 11 is 0. The van der Waals surface area contributed by atoms with Crippen LogP contribution in [0.15, 0.2) is 18.2 Å². The summed E-state index contributed by atoms with van der Waals surface area (Å²) in [6, 6.07) is 3.43. The van der Waals surface area contributed by atoms with Crippen LogP contribution in [0.25, 0.3) is 0 Å². The number of ether oxygens (including phenoxy) is 5. The van der Waals surface area contributed by atoms with Crippen LogP contribution in [0, 0.1) is 0 Å². The summed E-state index contributed by atoms with van der Waals surface area (Å²) in [4.78, 5) is 62.9. The second-order valence-electron chi connectivity index (χ2n) is 8.82. The third-order valence-electron chi connectivity index (χ3n) is 5.97. The lowest BCUT2D eigenvalue weighted by molar-refractivity contribution is -0.136. The number of amides is 5. The summed E-state index contributed by atoms with van der Waals surface area (Å²) in [6.07, 6.45) is 0.0883. The Labute approximate surface area is 243 Å². The van der Waals surface area contributed by atoms with Crippen molar-refractivity contribution in [3.8, 4) is 0 Å². The van der Waals surface area contributed by atoms with E-state index in [1.807, 2.05) is 0 Å². The van der Waals surface area contributed by atoms with Crippen LogP contribution in [0.2, 0.25) is 0 Å². The first-order chi connectivity index (χ1) is 19.4. The molecule has 2 aliphatic heterocycles. The zero-order chi connectivity index (χ0) is 28.7. The number of imide groups is 2. The largest absolute Gasteiger partial charge is 0.379 e. The van der Waals surface area contributed by atoms with E-state index in [2.05, 4.69) is 10.6 Å². The Balaban J connectivity index is 0.00000588. The van der Waals surface area contributed by atoms with Gasteiger partial charge in [-0.15, -0.1) is 12.4 Å². The number of carbonyl (C=O) groups excluding carboxylic acids is 5. The molecular formula is C26H37ClN4O10. The number of halogens is 1. The number of nitrogens with one attached hydrogen (secondary N) is 2. The molecule has 0 saturated carbocycles. The molecule has 0 aliphatic carbocycles. The van der Waals surface area contributed by atoms with E-state index >= 15 is 0 Å². The highest BCUT2D eigenvalue weighted by Gasteiger charge is 2.45. The van der Waals surface area contributed by atoms with Gasteiger partial charge in [0.25, 0.3) is 11.8 Å². The zero-order valence-corrected chi connectivity index (χ0v) is 23.5. The van der Waals surface area contributed by atoms with Gasteiger partial charge in [0.1, 0.15) is 6.04 Å². The van der Waals surface area contributed by atoms with Crippen LogP contribution in [0.4, 0.5) is 5.69 Å². The van der Waals surface area contributed by atoms with E-state index in [9.17, 15) is 24.0 Å². The van der Waals surface area contributed by atoms with Crippen molar-refractivity contribution in [2.45, 2.75) is 25.3 Å². The lowest BCUT2D eigenvalue weighted by atomic mass is 10.0. The molecule has 3 rings (SSSR count). The van der Waals surface area contributed by atoms with Crippen molar-refractivity contribution in [3.05, 3.63) is 29.3 Å². The first-order valence-corrected chi connectivity index (χ1v) is 13.2. The number of benzene rings is 1. The van der Waals surface area contributed by atoms with Gasteiger partial charge < -0.3 is 34.7 Å². The molecule has 15 heteroatoms. The minimum atomic E-state index is -1.08. The van der Waals surface area contributed by atoms with E-state index in [-0.39, 0.29) is 61.7 Å². The Bertz CT molecular complexity index is 1060. The van der Waals surface area contributed by atoms with Gasteiger partial charge in [0.05, 0.1) is 89.3 Å². The Morgan fingerprint density at radius 3 is 1.98 bits per heavy atom. The van der Waals surface area contributed by atoms with Gasteiger partial charge in [0, 0.05) is 13.0 Å². The van der Waals surface area contributed by atoms with Gasteiger partial charge >= 0.3 is 0 Å². The highest BCUT2D eigenvalue weighted by Crippen LogP contribution is 2.32. The summed E-state index contributed by atoms with van der Waals surface area (Å²) in [5.74, 6) is -2.89. The second kappa shape index (κ2) is 18.5. The van der Waals surface area contributed by atoms with E-state index in [1.165, 1.54) is 18.2 Å². The van der Waals surface area contributed by atoms with Gasteiger partial charge in [-0.05, 0) is 18.6 Å². The maximum atomic E-state index is 13.1. The van der Waals surface area contributed by atoms with E-state index in [1.54, 1.807) is 0 Å². The van der Waals surface area contributed by atoms with Crippen LogP contribution in [0.3, 0.4) is 0 Å². The molecule has 5 amide bonds. The molecule has 1 saturated heterocycles. The Morgan fingerprint density at radius 2 is 1.41 bits per heavy atom. The molecule has 1 fully saturated rings. The lowest BCUT2D eigenvalue weighted by Crippen LogP contribution is -2.54. The molecule has 41 heavy (non-hydrogen) atoms. The van der Waals surface area contributed by atoms with E-state index in [4.69, 9.17) is 29.4 Å². The molecule has 2 aliphatic rings. The van der Waals surface area contributed by atoms with Crippen molar-refractivity contribution in [1.29, 1.82) is 0 Å². The third kappa shape index (κ3) is 10.4. The first-order valence-electron chi connectivity index (χ1n) is 13.2. The molecule has 1 atom stereocenters. The molecule has 1 aromatic carbocycles. The quantitative estimate of drug-likeness (QED) is 0.142. The van der Waals surface area contributed by atoms with E-state index < -0.39 is 35.6 Å². The number of anilines is 1. The zero-order valence-electron chi connectivity index (χ0n) is 22.7. The third-order valence-corrected chi connectivity index (χ3v) is 5.97. The minimum Gasteiger partial charge on any atom is -0.379 e. The van der Waals surface area contributed by atoms with Gasteiger partial charge in [0.15, 0.2) is 0 Å². The van der Waals surface area contributed by atoms with Crippen LogP contribution < -0.4 is 16.4 Å². The first kappa shape index (κ1) is 34.2. The molecule has 0 bridgehead atoms. The summed E-state index contributed by atoms with van der Waals surface area (Å²) in [7, 11) is 0. The predicted molar refractivity (Wildman–Crippen MR) is 147 cm³/mol. The topological polar surface area (TPSA) is 185 Å². The van der Waals surface area contributed by atoms with Crippen LogP contribution in [-0.2, 0) is 38.1 Å². The normalized spacial score (nSPS) is 16.4. The molecule has 2 heterocycles.